The number of aromatic nitrogens is 4. The van der Waals surface area contributed by atoms with Gasteiger partial charge in [0.1, 0.15) is 0 Å². The topological polar surface area (TPSA) is 46.8 Å². The van der Waals surface area contributed by atoms with Crippen LogP contribution in [0.2, 0.25) is 0 Å². The molecule has 15 heavy (non-hydrogen) atoms. The molecular formula is C10H13N5. The normalized spacial score (nSPS) is 10.3. The van der Waals surface area contributed by atoms with E-state index in [1.807, 2.05) is 44.2 Å². The smallest absolute Gasteiger partial charge is 0.226 e. The average molecular weight is 203 g/mol. The number of nitrogens with zero attached hydrogens (tertiary/aromatic N) is 5. The fourth-order valence-corrected chi connectivity index (χ4v) is 1.22. The van der Waals surface area contributed by atoms with Crippen molar-refractivity contribution < 1.29 is 0 Å². The first-order chi connectivity index (χ1) is 7.16. The van der Waals surface area contributed by atoms with Gasteiger partial charge in [-0.3, -0.25) is 0 Å². The zero-order valence-electron chi connectivity index (χ0n) is 9.05. The van der Waals surface area contributed by atoms with Gasteiger partial charge in [-0.25, -0.2) is 9.67 Å². The molecule has 2 rings (SSSR count). The van der Waals surface area contributed by atoms with Gasteiger partial charge in [0.25, 0.3) is 0 Å². The van der Waals surface area contributed by atoms with Crippen molar-refractivity contribution >= 4 is 5.95 Å². The summed E-state index contributed by atoms with van der Waals surface area (Å²) in [5, 5.41) is 4.29. The zero-order valence-corrected chi connectivity index (χ0v) is 9.05. The second-order valence-corrected chi connectivity index (χ2v) is 3.51. The lowest BCUT2D eigenvalue weighted by atomic mass is 10.5. The molecule has 0 saturated carbocycles. The van der Waals surface area contributed by atoms with Crippen LogP contribution in [0.4, 0.5) is 5.95 Å². The highest BCUT2D eigenvalue weighted by molar-refractivity contribution is 5.32. The molecule has 0 aliphatic carbocycles. The van der Waals surface area contributed by atoms with E-state index in [0.29, 0.717) is 5.95 Å². The molecule has 5 nitrogen and oxygen atoms in total. The zero-order chi connectivity index (χ0) is 10.8. The van der Waals surface area contributed by atoms with E-state index in [-0.39, 0.29) is 0 Å². The van der Waals surface area contributed by atoms with Crippen LogP contribution < -0.4 is 4.90 Å². The molecule has 2 aromatic heterocycles. The van der Waals surface area contributed by atoms with Gasteiger partial charge in [0.15, 0.2) is 5.82 Å². The van der Waals surface area contributed by atoms with E-state index in [1.54, 1.807) is 10.9 Å². The Kier molecular flexibility index (Phi) is 2.37. The highest BCUT2D eigenvalue weighted by atomic mass is 15.3. The molecule has 0 aromatic carbocycles. The molecule has 0 radical (unpaired) electrons. The van der Waals surface area contributed by atoms with Gasteiger partial charge in [-0.05, 0) is 13.0 Å². The summed E-state index contributed by atoms with van der Waals surface area (Å²) < 4.78 is 1.74. The molecule has 0 spiro atoms. The lowest BCUT2D eigenvalue weighted by Crippen LogP contribution is -2.13. The van der Waals surface area contributed by atoms with E-state index < -0.39 is 0 Å². The molecule has 0 fully saturated rings. The molecule has 0 bridgehead atoms. The van der Waals surface area contributed by atoms with Crippen LogP contribution in [0.1, 0.15) is 5.69 Å². The fourth-order valence-electron chi connectivity index (χ4n) is 1.22. The van der Waals surface area contributed by atoms with Crippen molar-refractivity contribution in [2.75, 3.05) is 19.0 Å². The molecule has 2 heterocycles. The second kappa shape index (κ2) is 3.68. The largest absolute Gasteiger partial charge is 0.347 e. The van der Waals surface area contributed by atoms with Gasteiger partial charge in [0.2, 0.25) is 5.95 Å². The van der Waals surface area contributed by atoms with Gasteiger partial charge in [-0.1, -0.05) is 0 Å². The van der Waals surface area contributed by atoms with E-state index in [1.165, 1.54) is 0 Å². The molecule has 0 unspecified atom stereocenters. The van der Waals surface area contributed by atoms with Crippen LogP contribution in [0.5, 0.6) is 0 Å². The Bertz CT molecular complexity index is 460. The van der Waals surface area contributed by atoms with E-state index in [0.717, 1.165) is 11.5 Å². The standard InChI is InChI=1S/C10H13N5/c1-8-5-7-15(13-8)9-4-6-11-10(12-9)14(2)3/h4-7H,1-3H3. The van der Waals surface area contributed by atoms with Crippen molar-refractivity contribution in [1.29, 1.82) is 0 Å². The predicted octanol–water partition coefficient (Wildman–Crippen LogP) is 1.04. The monoisotopic (exact) mass is 203 g/mol. The summed E-state index contributed by atoms with van der Waals surface area (Å²) in [4.78, 5) is 10.4. The molecular weight excluding hydrogens is 190 g/mol. The molecule has 2 aromatic rings. The summed E-state index contributed by atoms with van der Waals surface area (Å²) in [6.45, 7) is 1.95. The van der Waals surface area contributed by atoms with E-state index in [2.05, 4.69) is 15.1 Å². The van der Waals surface area contributed by atoms with E-state index in [9.17, 15) is 0 Å². The van der Waals surface area contributed by atoms with Crippen molar-refractivity contribution in [3.8, 4) is 5.82 Å². The first-order valence-corrected chi connectivity index (χ1v) is 4.70. The van der Waals surface area contributed by atoms with E-state index >= 15 is 0 Å². The van der Waals surface area contributed by atoms with Crippen LogP contribution in [0, 0.1) is 6.92 Å². The van der Waals surface area contributed by atoms with Crippen molar-refractivity contribution in [2.45, 2.75) is 6.92 Å². The first-order valence-electron chi connectivity index (χ1n) is 4.70. The van der Waals surface area contributed by atoms with Gasteiger partial charge in [-0.2, -0.15) is 10.1 Å². The predicted molar refractivity (Wildman–Crippen MR) is 58.2 cm³/mol. The Morgan fingerprint density at radius 2 is 2.07 bits per heavy atom. The minimum Gasteiger partial charge on any atom is -0.347 e. The van der Waals surface area contributed by atoms with Crippen LogP contribution >= 0.6 is 0 Å². The number of aryl methyl sites for hydroxylation is 1. The third kappa shape index (κ3) is 1.96. The number of rotatable bonds is 2. The lowest BCUT2D eigenvalue weighted by Gasteiger charge is -2.10. The average Bonchev–Trinajstić information content (AvgIpc) is 2.65. The summed E-state index contributed by atoms with van der Waals surface area (Å²) in [6.07, 6.45) is 3.62. The third-order valence-electron chi connectivity index (χ3n) is 1.99. The maximum atomic E-state index is 4.37. The van der Waals surface area contributed by atoms with Crippen LogP contribution in [0.25, 0.3) is 5.82 Å². The van der Waals surface area contributed by atoms with Crippen molar-refractivity contribution in [2.24, 2.45) is 0 Å². The minimum absolute atomic E-state index is 0.681. The SMILES string of the molecule is Cc1ccn(-c2ccnc(N(C)C)n2)n1. The van der Waals surface area contributed by atoms with Gasteiger partial charge in [0, 0.05) is 32.6 Å². The summed E-state index contributed by atoms with van der Waals surface area (Å²) in [5.41, 5.74) is 0.972. The van der Waals surface area contributed by atoms with Gasteiger partial charge in [-0.15, -0.1) is 0 Å². The fraction of sp³-hybridized carbons (Fsp3) is 0.300. The van der Waals surface area contributed by atoms with Crippen LogP contribution in [0.3, 0.4) is 0 Å². The number of hydrogen-bond donors (Lipinski definition) is 0. The Hall–Kier alpha value is -1.91. The van der Waals surface area contributed by atoms with Crippen LogP contribution in [0.15, 0.2) is 24.5 Å². The summed E-state index contributed by atoms with van der Waals surface area (Å²) in [6, 6.07) is 3.77. The van der Waals surface area contributed by atoms with Gasteiger partial charge in [0.05, 0.1) is 5.69 Å². The molecule has 0 saturated heterocycles. The Balaban J connectivity index is 2.41. The van der Waals surface area contributed by atoms with Crippen LogP contribution in [-0.4, -0.2) is 33.8 Å². The lowest BCUT2D eigenvalue weighted by molar-refractivity contribution is 0.820. The highest BCUT2D eigenvalue weighted by Crippen LogP contribution is 2.07. The number of anilines is 1. The molecule has 0 atom stereocenters. The van der Waals surface area contributed by atoms with Crippen molar-refractivity contribution in [3.05, 3.63) is 30.2 Å². The summed E-state index contributed by atoms with van der Waals surface area (Å²) >= 11 is 0. The maximum Gasteiger partial charge on any atom is 0.226 e. The Morgan fingerprint density at radius 3 is 2.67 bits per heavy atom. The highest BCUT2D eigenvalue weighted by Gasteiger charge is 2.03. The molecule has 5 heteroatoms. The molecule has 0 amide bonds. The number of hydrogen-bond acceptors (Lipinski definition) is 4. The quantitative estimate of drug-likeness (QED) is 0.731. The molecule has 0 N–H and O–H groups in total. The van der Waals surface area contributed by atoms with Crippen molar-refractivity contribution in [1.82, 2.24) is 19.7 Å². The third-order valence-corrected chi connectivity index (χ3v) is 1.99. The Labute approximate surface area is 88.4 Å². The Morgan fingerprint density at radius 1 is 1.27 bits per heavy atom. The summed E-state index contributed by atoms with van der Waals surface area (Å²) in [5.74, 6) is 1.46. The van der Waals surface area contributed by atoms with Gasteiger partial charge < -0.3 is 4.90 Å². The van der Waals surface area contributed by atoms with Crippen LogP contribution in [-0.2, 0) is 0 Å². The van der Waals surface area contributed by atoms with E-state index in [4.69, 9.17) is 0 Å². The minimum atomic E-state index is 0.681. The first kappa shape index (κ1) is 9.64. The molecule has 0 aliphatic heterocycles. The second-order valence-electron chi connectivity index (χ2n) is 3.51. The molecule has 78 valence electrons. The summed E-state index contributed by atoms with van der Waals surface area (Å²) in [7, 11) is 3.82. The van der Waals surface area contributed by atoms with Crippen molar-refractivity contribution in [3.63, 3.8) is 0 Å². The molecule has 0 aliphatic rings. The van der Waals surface area contributed by atoms with Gasteiger partial charge >= 0.3 is 0 Å². The maximum absolute atomic E-state index is 4.37.